The second kappa shape index (κ2) is 4.33. The number of rotatable bonds is 0. The van der Waals surface area contributed by atoms with Crippen molar-refractivity contribution in [1.29, 1.82) is 0 Å². The summed E-state index contributed by atoms with van der Waals surface area (Å²) in [5, 5.41) is 0. The summed E-state index contributed by atoms with van der Waals surface area (Å²) in [4.78, 5) is 12.9. The van der Waals surface area contributed by atoms with Crippen molar-refractivity contribution in [1.82, 2.24) is 0 Å². The van der Waals surface area contributed by atoms with Crippen LogP contribution in [0.15, 0.2) is 22.3 Å². The minimum Gasteiger partial charge on any atom is -0.294 e. The van der Waals surface area contributed by atoms with Gasteiger partial charge in [0, 0.05) is 17.4 Å². The molecule has 2 fully saturated rings. The number of carbonyl (C=O) groups excluding carboxylic acids is 1. The molecule has 0 amide bonds. The second-order valence-electron chi connectivity index (χ2n) is 9.47. The molecule has 0 unspecified atom stereocenters. The summed E-state index contributed by atoms with van der Waals surface area (Å²) in [5.74, 6) is 0.441. The van der Waals surface area contributed by atoms with Gasteiger partial charge >= 0.3 is 0 Å². The van der Waals surface area contributed by atoms with Gasteiger partial charge in [-0.15, -0.1) is 0 Å². The van der Waals surface area contributed by atoms with Crippen LogP contribution >= 0.6 is 0 Å². The Morgan fingerprint density at radius 1 is 0.857 bits per heavy atom. The lowest BCUT2D eigenvalue weighted by Gasteiger charge is -2.31. The fraction of sp³-hybridized carbons (Fsp3) is 0.750. The molecule has 3 aliphatic carbocycles. The third kappa shape index (κ3) is 2.15. The van der Waals surface area contributed by atoms with Gasteiger partial charge in [0.05, 0.1) is 0 Å². The van der Waals surface area contributed by atoms with Crippen LogP contribution in [0.2, 0.25) is 0 Å². The first-order chi connectivity index (χ1) is 9.56. The van der Waals surface area contributed by atoms with E-state index in [2.05, 4.69) is 41.5 Å². The molecule has 0 bridgehead atoms. The highest BCUT2D eigenvalue weighted by molar-refractivity contribution is 6.06. The normalized spacial score (nSPS) is 25.5. The van der Waals surface area contributed by atoms with E-state index < -0.39 is 0 Å². The molecule has 1 nitrogen and oxygen atoms in total. The van der Waals surface area contributed by atoms with Crippen molar-refractivity contribution in [3.05, 3.63) is 22.3 Å². The molecule has 0 saturated heterocycles. The SMILES string of the molecule is CC(C)(C)C1=C2C(=O)CC3(CCCC3)C2=C(C(C)(C)C)C1. The van der Waals surface area contributed by atoms with Crippen LogP contribution in [0.25, 0.3) is 0 Å². The molecule has 1 spiro atoms. The summed E-state index contributed by atoms with van der Waals surface area (Å²) < 4.78 is 0. The van der Waals surface area contributed by atoms with Gasteiger partial charge in [-0.05, 0) is 41.2 Å². The van der Waals surface area contributed by atoms with Crippen LogP contribution in [0.1, 0.15) is 80.1 Å². The minimum atomic E-state index is 0.105. The first kappa shape index (κ1) is 15.1. The first-order valence-corrected chi connectivity index (χ1v) is 8.58. The summed E-state index contributed by atoms with van der Waals surface area (Å²) >= 11 is 0. The van der Waals surface area contributed by atoms with Gasteiger partial charge in [0.15, 0.2) is 5.78 Å². The number of Topliss-reactive ketones (excluding diaryl/α,β-unsaturated/α-hetero) is 1. The van der Waals surface area contributed by atoms with E-state index in [9.17, 15) is 4.79 Å². The number of allylic oxidation sites excluding steroid dienone is 4. The van der Waals surface area contributed by atoms with Crippen molar-refractivity contribution in [3.63, 3.8) is 0 Å². The van der Waals surface area contributed by atoms with Crippen molar-refractivity contribution in [2.45, 2.75) is 80.1 Å². The smallest absolute Gasteiger partial charge is 0.164 e. The largest absolute Gasteiger partial charge is 0.294 e. The average molecular weight is 286 g/mol. The number of carbonyl (C=O) groups is 1. The van der Waals surface area contributed by atoms with E-state index in [0.29, 0.717) is 5.78 Å². The second-order valence-corrected chi connectivity index (χ2v) is 9.47. The van der Waals surface area contributed by atoms with E-state index in [-0.39, 0.29) is 16.2 Å². The molecule has 0 aromatic rings. The van der Waals surface area contributed by atoms with Gasteiger partial charge in [0.1, 0.15) is 0 Å². The lowest BCUT2D eigenvalue weighted by atomic mass is 9.73. The van der Waals surface area contributed by atoms with Crippen LogP contribution in [0.3, 0.4) is 0 Å². The van der Waals surface area contributed by atoms with Crippen LogP contribution in [0.4, 0.5) is 0 Å². The fourth-order valence-corrected chi connectivity index (χ4v) is 4.79. The van der Waals surface area contributed by atoms with Gasteiger partial charge < -0.3 is 0 Å². The zero-order valence-corrected chi connectivity index (χ0v) is 14.7. The Balaban J connectivity index is 2.22. The minimum absolute atomic E-state index is 0.105. The van der Waals surface area contributed by atoms with Gasteiger partial charge in [0.25, 0.3) is 0 Å². The summed E-state index contributed by atoms with van der Waals surface area (Å²) in [5.41, 5.74) is 6.13. The molecule has 3 aliphatic rings. The Morgan fingerprint density at radius 3 is 1.86 bits per heavy atom. The molecular weight excluding hydrogens is 256 g/mol. The van der Waals surface area contributed by atoms with Crippen LogP contribution in [-0.4, -0.2) is 5.78 Å². The highest BCUT2D eigenvalue weighted by atomic mass is 16.1. The lowest BCUT2D eigenvalue weighted by Crippen LogP contribution is -2.20. The predicted molar refractivity (Wildman–Crippen MR) is 88.1 cm³/mol. The van der Waals surface area contributed by atoms with Crippen molar-refractivity contribution in [2.75, 3.05) is 0 Å². The lowest BCUT2D eigenvalue weighted by molar-refractivity contribution is -0.115. The maximum atomic E-state index is 12.9. The van der Waals surface area contributed by atoms with Crippen LogP contribution < -0.4 is 0 Å². The van der Waals surface area contributed by atoms with E-state index in [1.54, 1.807) is 5.57 Å². The van der Waals surface area contributed by atoms with E-state index in [0.717, 1.165) is 18.4 Å². The van der Waals surface area contributed by atoms with E-state index in [4.69, 9.17) is 0 Å². The van der Waals surface area contributed by atoms with Crippen molar-refractivity contribution in [2.24, 2.45) is 16.2 Å². The Morgan fingerprint density at radius 2 is 1.38 bits per heavy atom. The molecular formula is C20H30O. The predicted octanol–water partition coefficient (Wildman–Crippen LogP) is 5.61. The quantitative estimate of drug-likeness (QED) is 0.565. The summed E-state index contributed by atoms with van der Waals surface area (Å²) in [6.07, 6.45) is 6.88. The van der Waals surface area contributed by atoms with Crippen LogP contribution in [-0.2, 0) is 4.79 Å². The van der Waals surface area contributed by atoms with Crippen molar-refractivity contribution >= 4 is 5.78 Å². The number of ketones is 1. The zero-order chi connectivity index (χ0) is 15.6. The monoisotopic (exact) mass is 286 g/mol. The van der Waals surface area contributed by atoms with E-state index in [1.165, 1.54) is 36.8 Å². The summed E-state index contributed by atoms with van der Waals surface area (Å²) in [6.45, 7) is 13.8. The Bertz CT molecular complexity index is 552. The maximum absolute atomic E-state index is 12.9. The van der Waals surface area contributed by atoms with Crippen LogP contribution in [0.5, 0.6) is 0 Å². The molecule has 0 aromatic carbocycles. The first-order valence-electron chi connectivity index (χ1n) is 8.58. The van der Waals surface area contributed by atoms with Crippen LogP contribution in [0, 0.1) is 16.2 Å². The van der Waals surface area contributed by atoms with E-state index >= 15 is 0 Å². The van der Waals surface area contributed by atoms with Crippen molar-refractivity contribution in [3.8, 4) is 0 Å². The molecule has 0 N–H and O–H groups in total. The molecule has 116 valence electrons. The van der Waals surface area contributed by atoms with Gasteiger partial charge in [-0.3, -0.25) is 4.79 Å². The molecule has 3 rings (SSSR count). The molecule has 0 aromatic heterocycles. The molecule has 0 heterocycles. The zero-order valence-electron chi connectivity index (χ0n) is 14.7. The van der Waals surface area contributed by atoms with Gasteiger partial charge in [-0.2, -0.15) is 0 Å². The molecule has 0 atom stereocenters. The number of hydrogen-bond donors (Lipinski definition) is 0. The van der Waals surface area contributed by atoms with Gasteiger partial charge in [-0.25, -0.2) is 0 Å². The highest BCUT2D eigenvalue weighted by Gasteiger charge is 2.53. The fourth-order valence-electron chi connectivity index (χ4n) is 4.79. The van der Waals surface area contributed by atoms with Gasteiger partial charge in [0.2, 0.25) is 0 Å². The Kier molecular flexibility index (Phi) is 3.11. The van der Waals surface area contributed by atoms with Crippen molar-refractivity contribution < 1.29 is 4.79 Å². The molecule has 1 heteroatoms. The summed E-state index contributed by atoms with van der Waals surface area (Å²) in [6, 6.07) is 0. The molecule has 2 saturated carbocycles. The average Bonchev–Trinajstić information content (AvgIpc) is 2.94. The third-order valence-electron chi connectivity index (χ3n) is 5.89. The van der Waals surface area contributed by atoms with E-state index in [1.807, 2.05) is 0 Å². The topological polar surface area (TPSA) is 17.1 Å². The highest BCUT2D eigenvalue weighted by Crippen LogP contribution is 2.63. The third-order valence-corrected chi connectivity index (χ3v) is 5.89. The van der Waals surface area contributed by atoms with Gasteiger partial charge in [-0.1, -0.05) is 60.0 Å². The number of hydrogen-bond acceptors (Lipinski definition) is 1. The molecule has 0 radical (unpaired) electrons. The summed E-state index contributed by atoms with van der Waals surface area (Å²) in [7, 11) is 0. The number of fused-ring (bicyclic) bond motifs is 2. The Labute approximate surface area is 129 Å². The molecule has 0 aliphatic heterocycles. The Hall–Kier alpha value is -0.850. The standard InChI is InChI=1S/C20H30O/c1-18(2,3)13-11-14(19(4,5)6)17-16(13)15(21)12-20(17)9-7-8-10-20/h7-12H2,1-6H3. The molecule has 21 heavy (non-hydrogen) atoms. The maximum Gasteiger partial charge on any atom is 0.164 e.